The van der Waals surface area contributed by atoms with Crippen molar-refractivity contribution in [3.8, 4) is 0 Å². The van der Waals surface area contributed by atoms with Gasteiger partial charge in [-0.05, 0) is 6.42 Å². The Hall–Kier alpha value is -1.32. The summed E-state index contributed by atoms with van der Waals surface area (Å²) in [5.41, 5.74) is 0. The average molecular weight is 341 g/mol. The molecular formula is C20H36O4. The second-order valence-electron chi connectivity index (χ2n) is 6.44. The van der Waals surface area contributed by atoms with E-state index in [1.807, 2.05) is 0 Å². The van der Waals surface area contributed by atoms with Gasteiger partial charge in [-0.1, -0.05) is 90.4 Å². The molecule has 0 aliphatic rings. The monoisotopic (exact) mass is 340 g/mol. The van der Waals surface area contributed by atoms with Crippen LogP contribution in [0.4, 0.5) is 0 Å². The van der Waals surface area contributed by atoms with Crippen molar-refractivity contribution in [2.45, 2.75) is 96.8 Å². The Labute approximate surface area is 147 Å². The van der Waals surface area contributed by atoms with Crippen LogP contribution in [0.1, 0.15) is 96.8 Å². The Balaban J connectivity index is 3.15. The summed E-state index contributed by atoms with van der Waals surface area (Å²) in [6, 6.07) is 0. The van der Waals surface area contributed by atoms with Gasteiger partial charge in [-0.15, -0.1) is 0 Å². The van der Waals surface area contributed by atoms with E-state index in [0.717, 1.165) is 25.0 Å². The summed E-state index contributed by atoms with van der Waals surface area (Å²) in [6.45, 7) is 2.63. The van der Waals surface area contributed by atoms with Crippen molar-refractivity contribution >= 4 is 11.9 Å². The molecule has 0 saturated heterocycles. The second-order valence-corrected chi connectivity index (χ2v) is 6.44. The zero-order valence-corrected chi connectivity index (χ0v) is 15.4. The van der Waals surface area contributed by atoms with Crippen molar-refractivity contribution in [3.63, 3.8) is 0 Å². The SMILES string of the molecule is CCCCCCCCCCCCCCCCOC(=O)C=CC(=O)O. The van der Waals surface area contributed by atoms with E-state index in [0.29, 0.717) is 6.61 Å². The molecule has 0 rings (SSSR count). The maximum Gasteiger partial charge on any atom is 0.331 e. The van der Waals surface area contributed by atoms with Crippen LogP contribution < -0.4 is 0 Å². The summed E-state index contributed by atoms with van der Waals surface area (Å²) in [5.74, 6) is -1.71. The van der Waals surface area contributed by atoms with Crippen LogP contribution in [-0.4, -0.2) is 23.7 Å². The van der Waals surface area contributed by atoms with Gasteiger partial charge >= 0.3 is 11.9 Å². The van der Waals surface area contributed by atoms with Crippen molar-refractivity contribution in [2.75, 3.05) is 6.61 Å². The number of carbonyl (C=O) groups excluding carboxylic acids is 1. The Morgan fingerprint density at radius 2 is 1.12 bits per heavy atom. The molecular weight excluding hydrogens is 304 g/mol. The van der Waals surface area contributed by atoms with Gasteiger partial charge in [0.1, 0.15) is 0 Å². The summed E-state index contributed by atoms with van der Waals surface area (Å²) in [5, 5.41) is 8.37. The van der Waals surface area contributed by atoms with Gasteiger partial charge in [-0.2, -0.15) is 0 Å². The fraction of sp³-hybridized carbons (Fsp3) is 0.800. The third-order valence-corrected chi connectivity index (χ3v) is 4.10. The minimum atomic E-state index is -1.14. The molecule has 0 amide bonds. The van der Waals surface area contributed by atoms with Crippen molar-refractivity contribution in [3.05, 3.63) is 12.2 Å². The van der Waals surface area contributed by atoms with E-state index in [9.17, 15) is 9.59 Å². The number of carbonyl (C=O) groups is 2. The van der Waals surface area contributed by atoms with E-state index in [4.69, 9.17) is 9.84 Å². The molecule has 0 unspecified atom stereocenters. The van der Waals surface area contributed by atoms with Gasteiger partial charge in [0.15, 0.2) is 0 Å². The molecule has 0 radical (unpaired) electrons. The fourth-order valence-corrected chi connectivity index (χ4v) is 2.66. The molecule has 0 spiro atoms. The molecule has 0 bridgehead atoms. The first-order valence-electron chi connectivity index (χ1n) is 9.74. The van der Waals surface area contributed by atoms with E-state index >= 15 is 0 Å². The summed E-state index contributed by atoms with van der Waals surface area (Å²) < 4.78 is 4.91. The topological polar surface area (TPSA) is 63.6 Å². The number of unbranched alkanes of at least 4 members (excludes halogenated alkanes) is 13. The summed E-state index contributed by atoms with van der Waals surface area (Å²) in [7, 11) is 0. The fourth-order valence-electron chi connectivity index (χ4n) is 2.66. The number of ether oxygens (including phenoxy) is 1. The lowest BCUT2D eigenvalue weighted by atomic mass is 10.0. The summed E-state index contributed by atoms with van der Waals surface area (Å²) in [6.07, 6.45) is 19.8. The molecule has 0 aromatic rings. The number of hydrogen-bond donors (Lipinski definition) is 1. The highest BCUT2D eigenvalue weighted by molar-refractivity contribution is 5.90. The van der Waals surface area contributed by atoms with Gasteiger partial charge in [0.05, 0.1) is 6.61 Å². The molecule has 0 aliphatic heterocycles. The van der Waals surface area contributed by atoms with E-state index in [2.05, 4.69) is 6.92 Å². The maximum atomic E-state index is 11.1. The highest BCUT2D eigenvalue weighted by atomic mass is 16.5. The zero-order valence-electron chi connectivity index (χ0n) is 15.4. The van der Waals surface area contributed by atoms with Crippen molar-refractivity contribution in [1.82, 2.24) is 0 Å². The summed E-state index contributed by atoms with van der Waals surface area (Å²) >= 11 is 0. The lowest BCUT2D eigenvalue weighted by Crippen LogP contribution is -2.03. The van der Waals surface area contributed by atoms with Gasteiger partial charge in [0.25, 0.3) is 0 Å². The quantitative estimate of drug-likeness (QED) is 0.211. The molecule has 0 aromatic carbocycles. The van der Waals surface area contributed by atoms with Gasteiger partial charge in [0, 0.05) is 12.2 Å². The first kappa shape index (κ1) is 22.7. The van der Waals surface area contributed by atoms with Crippen LogP contribution in [0.5, 0.6) is 0 Å². The van der Waals surface area contributed by atoms with Crippen molar-refractivity contribution in [1.29, 1.82) is 0 Å². The molecule has 0 aliphatic carbocycles. The first-order chi connectivity index (χ1) is 11.7. The third-order valence-electron chi connectivity index (χ3n) is 4.10. The summed E-state index contributed by atoms with van der Waals surface area (Å²) in [4.78, 5) is 21.3. The zero-order chi connectivity index (χ0) is 17.9. The van der Waals surface area contributed by atoms with Gasteiger partial charge < -0.3 is 9.84 Å². The average Bonchev–Trinajstić information content (AvgIpc) is 2.56. The number of carboxylic acid groups (broad SMARTS) is 1. The third kappa shape index (κ3) is 18.7. The number of hydrogen-bond acceptors (Lipinski definition) is 3. The lowest BCUT2D eigenvalue weighted by molar-refractivity contribution is -0.138. The molecule has 4 nitrogen and oxygen atoms in total. The molecule has 0 heterocycles. The number of rotatable bonds is 17. The highest BCUT2D eigenvalue weighted by Crippen LogP contribution is 2.12. The molecule has 0 fully saturated rings. The predicted molar refractivity (Wildman–Crippen MR) is 98.0 cm³/mol. The second kappa shape index (κ2) is 18.0. The van der Waals surface area contributed by atoms with Crippen molar-refractivity contribution in [2.24, 2.45) is 0 Å². The Bertz CT molecular complexity index is 337. The highest BCUT2D eigenvalue weighted by Gasteiger charge is 1.98. The smallest absolute Gasteiger partial charge is 0.331 e. The van der Waals surface area contributed by atoms with E-state index in [1.54, 1.807) is 0 Å². The molecule has 140 valence electrons. The molecule has 0 atom stereocenters. The Morgan fingerprint density at radius 1 is 0.708 bits per heavy atom. The van der Waals surface area contributed by atoms with Crippen LogP contribution in [0, 0.1) is 0 Å². The van der Waals surface area contributed by atoms with Crippen LogP contribution in [0.2, 0.25) is 0 Å². The van der Waals surface area contributed by atoms with Crippen LogP contribution in [-0.2, 0) is 14.3 Å². The number of carboxylic acids is 1. The molecule has 24 heavy (non-hydrogen) atoms. The lowest BCUT2D eigenvalue weighted by Gasteiger charge is -2.04. The van der Waals surface area contributed by atoms with Gasteiger partial charge in [-0.3, -0.25) is 0 Å². The van der Waals surface area contributed by atoms with Crippen LogP contribution >= 0.6 is 0 Å². The minimum Gasteiger partial charge on any atom is -0.478 e. The van der Waals surface area contributed by atoms with Crippen LogP contribution in [0.25, 0.3) is 0 Å². The molecule has 1 N–H and O–H groups in total. The standard InChI is InChI=1S/C20H36O4/c1-2-3-4-5-6-7-8-9-10-11-12-13-14-15-18-24-20(23)17-16-19(21)22/h16-17H,2-15,18H2,1H3,(H,21,22). The number of esters is 1. The predicted octanol–water partition coefficient (Wildman–Crippen LogP) is 5.65. The van der Waals surface area contributed by atoms with Crippen molar-refractivity contribution < 1.29 is 19.4 Å². The van der Waals surface area contributed by atoms with Crippen LogP contribution in [0.15, 0.2) is 12.2 Å². The molecule has 4 heteroatoms. The first-order valence-corrected chi connectivity index (χ1v) is 9.74. The Kier molecular flexibility index (Phi) is 17.0. The van der Waals surface area contributed by atoms with E-state index in [1.165, 1.54) is 77.0 Å². The normalized spacial score (nSPS) is 11.0. The van der Waals surface area contributed by atoms with Crippen LogP contribution in [0.3, 0.4) is 0 Å². The Morgan fingerprint density at radius 3 is 1.54 bits per heavy atom. The number of aliphatic carboxylic acids is 1. The molecule has 0 aromatic heterocycles. The largest absolute Gasteiger partial charge is 0.478 e. The molecule has 0 saturated carbocycles. The van der Waals surface area contributed by atoms with Gasteiger partial charge in [-0.25, -0.2) is 9.59 Å². The van der Waals surface area contributed by atoms with Gasteiger partial charge in [0.2, 0.25) is 0 Å². The maximum absolute atomic E-state index is 11.1. The van der Waals surface area contributed by atoms with E-state index < -0.39 is 11.9 Å². The van der Waals surface area contributed by atoms with E-state index in [-0.39, 0.29) is 0 Å². The minimum absolute atomic E-state index is 0.376.